The first-order valence-corrected chi connectivity index (χ1v) is 8.03. The lowest BCUT2D eigenvalue weighted by atomic mass is 9.98. The maximum absolute atomic E-state index is 13.4. The van der Waals surface area contributed by atoms with E-state index in [0.717, 1.165) is 35.5 Å². The molecule has 0 bridgehead atoms. The van der Waals surface area contributed by atoms with Gasteiger partial charge in [0.05, 0.1) is 6.04 Å². The minimum absolute atomic E-state index is 0.195. The average Bonchev–Trinajstić information content (AvgIpc) is 2.88. The summed E-state index contributed by atoms with van der Waals surface area (Å²) in [5.41, 5.74) is -0.394. The topological polar surface area (TPSA) is 49.3 Å². The minimum atomic E-state index is -1.22. The summed E-state index contributed by atoms with van der Waals surface area (Å²) in [7, 11) is 0. The van der Waals surface area contributed by atoms with Crippen LogP contribution in [0.5, 0.6) is 0 Å². The number of nitrogens with one attached hydrogen (secondary N) is 1. The normalized spacial score (nSPS) is 24.2. The standard InChI is InChI=1S/C15H18FNO2S/c16-10-3-4-13-11(9-10)12(5-8-20-13)17-14(18)15(19)6-1-2-7-15/h3-4,9,12,19H,1-2,5-8H2,(H,17,18). The second-order valence-electron chi connectivity index (χ2n) is 5.58. The van der Waals surface area contributed by atoms with Gasteiger partial charge in [-0.15, -0.1) is 11.8 Å². The average molecular weight is 295 g/mol. The highest BCUT2D eigenvalue weighted by molar-refractivity contribution is 7.99. The van der Waals surface area contributed by atoms with Crippen molar-refractivity contribution in [1.82, 2.24) is 5.32 Å². The van der Waals surface area contributed by atoms with E-state index in [2.05, 4.69) is 5.32 Å². The predicted octanol–water partition coefficient (Wildman–Crippen LogP) is 2.78. The first-order valence-electron chi connectivity index (χ1n) is 7.04. The number of amides is 1. The Bertz CT molecular complexity index is 529. The van der Waals surface area contributed by atoms with Gasteiger partial charge in [0.2, 0.25) is 0 Å². The Labute approximate surface area is 121 Å². The van der Waals surface area contributed by atoms with E-state index < -0.39 is 5.60 Å². The Morgan fingerprint density at radius 2 is 2.15 bits per heavy atom. The van der Waals surface area contributed by atoms with Crippen LogP contribution in [0.3, 0.4) is 0 Å². The first-order chi connectivity index (χ1) is 9.58. The Hall–Kier alpha value is -1.07. The quantitative estimate of drug-likeness (QED) is 0.882. The molecule has 2 aliphatic rings. The number of aliphatic hydroxyl groups is 1. The van der Waals surface area contributed by atoms with Crippen LogP contribution in [0.25, 0.3) is 0 Å². The maximum atomic E-state index is 13.4. The van der Waals surface area contributed by atoms with Gasteiger partial charge in [0.15, 0.2) is 0 Å². The van der Waals surface area contributed by atoms with Gasteiger partial charge in [-0.1, -0.05) is 0 Å². The van der Waals surface area contributed by atoms with Crippen LogP contribution in [0, 0.1) is 5.82 Å². The number of carbonyl (C=O) groups excluding carboxylic acids is 1. The van der Waals surface area contributed by atoms with Crippen LogP contribution in [-0.2, 0) is 4.79 Å². The largest absolute Gasteiger partial charge is 0.380 e. The van der Waals surface area contributed by atoms with Crippen molar-refractivity contribution in [3.63, 3.8) is 0 Å². The zero-order chi connectivity index (χ0) is 14.2. The van der Waals surface area contributed by atoms with E-state index >= 15 is 0 Å². The van der Waals surface area contributed by atoms with Gasteiger partial charge in [-0.3, -0.25) is 4.79 Å². The minimum Gasteiger partial charge on any atom is -0.380 e. The molecule has 5 heteroatoms. The van der Waals surface area contributed by atoms with Crippen molar-refractivity contribution < 1.29 is 14.3 Å². The molecule has 1 aliphatic heterocycles. The van der Waals surface area contributed by atoms with Crippen molar-refractivity contribution >= 4 is 17.7 Å². The molecule has 0 radical (unpaired) electrons. The Morgan fingerprint density at radius 1 is 1.40 bits per heavy atom. The predicted molar refractivity (Wildman–Crippen MR) is 76.0 cm³/mol. The molecule has 1 amide bonds. The Balaban J connectivity index is 1.79. The molecule has 1 saturated carbocycles. The molecule has 0 saturated heterocycles. The number of hydrogen-bond donors (Lipinski definition) is 2. The molecule has 0 aromatic heterocycles. The molecule has 3 rings (SSSR count). The van der Waals surface area contributed by atoms with E-state index in [9.17, 15) is 14.3 Å². The van der Waals surface area contributed by atoms with Gasteiger partial charge < -0.3 is 10.4 Å². The van der Waals surface area contributed by atoms with E-state index in [1.807, 2.05) is 0 Å². The van der Waals surface area contributed by atoms with Gasteiger partial charge in [0, 0.05) is 10.6 Å². The van der Waals surface area contributed by atoms with E-state index in [1.165, 1.54) is 12.1 Å². The number of thioether (sulfide) groups is 1. The van der Waals surface area contributed by atoms with Crippen molar-refractivity contribution in [2.75, 3.05) is 5.75 Å². The van der Waals surface area contributed by atoms with Gasteiger partial charge >= 0.3 is 0 Å². The van der Waals surface area contributed by atoms with Crippen LogP contribution in [-0.4, -0.2) is 22.4 Å². The molecule has 1 heterocycles. The molecule has 0 spiro atoms. The number of halogens is 1. The highest BCUT2D eigenvalue weighted by atomic mass is 32.2. The van der Waals surface area contributed by atoms with E-state index in [0.29, 0.717) is 12.8 Å². The SMILES string of the molecule is O=C(NC1CCSc2ccc(F)cc21)C1(O)CCCC1. The summed E-state index contributed by atoms with van der Waals surface area (Å²) in [5.74, 6) is 0.300. The summed E-state index contributed by atoms with van der Waals surface area (Å²) in [6.45, 7) is 0. The maximum Gasteiger partial charge on any atom is 0.252 e. The smallest absolute Gasteiger partial charge is 0.252 e. The molecular formula is C15H18FNO2S. The number of benzene rings is 1. The van der Waals surface area contributed by atoms with E-state index in [4.69, 9.17) is 0 Å². The lowest BCUT2D eigenvalue weighted by molar-refractivity contribution is -0.140. The lowest BCUT2D eigenvalue weighted by Gasteiger charge is -2.29. The molecular weight excluding hydrogens is 277 g/mol. The van der Waals surface area contributed by atoms with E-state index in [1.54, 1.807) is 17.8 Å². The highest BCUT2D eigenvalue weighted by Crippen LogP contribution is 2.37. The van der Waals surface area contributed by atoms with Gasteiger partial charge in [0.25, 0.3) is 5.91 Å². The molecule has 1 aliphatic carbocycles. The molecule has 1 fully saturated rings. The number of hydrogen-bond acceptors (Lipinski definition) is 3. The van der Waals surface area contributed by atoms with Crippen LogP contribution in [0.1, 0.15) is 43.7 Å². The second-order valence-corrected chi connectivity index (χ2v) is 6.72. The van der Waals surface area contributed by atoms with Crippen LogP contribution in [0.4, 0.5) is 4.39 Å². The van der Waals surface area contributed by atoms with Crippen molar-refractivity contribution in [3.05, 3.63) is 29.6 Å². The monoisotopic (exact) mass is 295 g/mol. The zero-order valence-electron chi connectivity index (χ0n) is 11.2. The molecule has 1 unspecified atom stereocenters. The zero-order valence-corrected chi connectivity index (χ0v) is 12.0. The molecule has 1 aromatic carbocycles. The first kappa shape index (κ1) is 13.9. The summed E-state index contributed by atoms with van der Waals surface area (Å²) < 4.78 is 13.4. The summed E-state index contributed by atoms with van der Waals surface area (Å²) in [5, 5.41) is 13.2. The highest BCUT2D eigenvalue weighted by Gasteiger charge is 2.40. The second kappa shape index (κ2) is 5.37. The molecule has 108 valence electrons. The van der Waals surface area contributed by atoms with Crippen molar-refractivity contribution in [2.24, 2.45) is 0 Å². The van der Waals surface area contributed by atoms with Gasteiger partial charge in [0.1, 0.15) is 11.4 Å². The number of carbonyl (C=O) groups is 1. The summed E-state index contributed by atoms with van der Waals surface area (Å²) in [6, 6.07) is 4.50. The summed E-state index contributed by atoms with van der Waals surface area (Å²) in [4.78, 5) is 13.3. The van der Waals surface area contributed by atoms with Crippen molar-refractivity contribution in [3.8, 4) is 0 Å². The van der Waals surface area contributed by atoms with Gasteiger partial charge in [-0.25, -0.2) is 4.39 Å². The summed E-state index contributed by atoms with van der Waals surface area (Å²) in [6.07, 6.45) is 3.58. The number of fused-ring (bicyclic) bond motifs is 1. The molecule has 1 aromatic rings. The fraction of sp³-hybridized carbons (Fsp3) is 0.533. The fourth-order valence-corrected chi connectivity index (χ4v) is 4.10. The van der Waals surface area contributed by atoms with Crippen molar-refractivity contribution in [1.29, 1.82) is 0 Å². The molecule has 2 N–H and O–H groups in total. The third kappa shape index (κ3) is 2.56. The summed E-state index contributed by atoms with van der Waals surface area (Å²) >= 11 is 1.68. The Morgan fingerprint density at radius 3 is 2.90 bits per heavy atom. The van der Waals surface area contributed by atoms with Crippen LogP contribution in [0.15, 0.2) is 23.1 Å². The third-order valence-electron chi connectivity index (χ3n) is 4.17. The van der Waals surface area contributed by atoms with Crippen LogP contribution < -0.4 is 5.32 Å². The van der Waals surface area contributed by atoms with E-state index in [-0.39, 0.29) is 17.8 Å². The number of rotatable bonds is 2. The van der Waals surface area contributed by atoms with Crippen LogP contribution in [0.2, 0.25) is 0 Å². The van der Waals surface area contributed by atoms with Gasteiger partial charge in [-0.05, 0) is 55.9 Å². The van der Waals surface area contributed by atoms with Gasteiger partial charge in [-0.2, -0.15) is 0 Å². The van der Waals surface area contributed by atoms with Crippen LogP contribution >= 0.6 is 11.8 Å². The third-order valence-corrected chi connectivity index (χ3v) is 5.29. The molecule has 1 atom stereocenters. The Kier molecular flexibility index (Phi) is 3.73. The molecule has 20 heavy (non-hydrogen) atoms. The fourth-order valence-electron chi connectivity index (χ4n) is 2.99. The lowest BCUT2D eigenvalue weighted by Crippen LogP contribution is -2.46. The van der Waals surface area contributed by atoms with Crippen molar-refractivity contribution in [2.45, 2.75) is 48.6 Å². The molecule has 3 nitrogen and oxygen atoms in total.